The Morgan fingerprint density at radius 2 is 2.07 bits per heavy atom. The summed E-state index contributed by atoms with van der Waals surface area (Å²) >= 11 is 1.63. The van der Waals surface area contributed by atoms with E-state index in [1.807, 2.05) is 20.8 Å². The fourth-order valence-electron chi connectivity index (χ4n) is 3.56. The van der Waals surface area contributed by atoms with Gasteiger partial charge < -0.3 is 14.7 Å². The first-order valence-electron chi connectivity index (χ1n) is 10.0. The SMILES string of the molecule is Cc1noc(-c2cnc(C)nc2N2CCCC(C(=O)NCc3nc(C)c(C)s3)C2)n1. The van der Waals surface area contributed by atoms with Crippen LogP contribution in [0.2, 0.25) is 0 Å². The number of hydrogen-bond acceptors (Lipinski definition) is 9. The Bertz CT molecular complexity index is 1040. The van der Waals surface area contributed by atoms with Gasteiger partial charge in [0.15, 0.2) is 5.82 Å². The molecule has 30 heavy (non-hydrogen) atoms. The number of nitrogens with one attached hydrogen (secondary N) is 1. The molecule has 158 valence electrons. The van der Waals surface area contributed by atoms with E-state index in [1.165, 1.54) is 4.88 Å². The van der Waals surface area contributed by atoms with Gasteiger partial charge >= 0.3 is 0 Å². The summed E-state index contributed by atoms with van der Waals surface area (Å²) in [6, 6.07) is 0. The quantitative estimate of drug-likeness (QED) is 0.662. The van der Waals surface area contributed by atoms with E-state index < -0.39 is 0 Å². The molecular weight excluding hydrogens is 402 g/mol. The Kier molecular flexibility index (Phi) is 5.76. The zero-order valence-electron chi connectivity index (χ0n) is 17.6. The van der Waals surface area contributed by atoms with E-state index in [0.29, 0.717) is 36.2 Å². The van der Waals surface area contributed by atoms with Gasteiger partial charge in [-0.05, 0) is 40.5 Å². The lowest BCUT2D eigenvalue weighted by atomic mass is 9.97. The van der Waals surface area contributed by atoms with E-state index in [2.05, 4.69) is 35.3 Å². The predicted molar refractivity (Wildman–Crippen MR) is 113 cm³/mol. The van der Waals surface area contributed by atoms with Crippen molar-refractivity contribution in [1.29, 1.82) is 0 Å². The third-order valence-electron chi connectivity index (χ3n) is 5.23. The van der Waals surface area contributed by atoms with Crippen LogP contribution in [0.5, 0.6) is 0 Å². The zero-order valence-corrected chi connectivity index (χ0v) is 18.4. The number of anilines is 1. The lowest BCUT2D eigenvalue weighted by molar-refractivity contribution is -0.125. The fourth-order valence-corrected chi connectivity index (χ4v) is 4.44. The minimum absolute atomic E-state index is 0.0474. The molecule has 4 heterocycles. The molecule has 1 fully saturated rings. The van der Waals surface area contributed by atoms with Crippen LogP contribution < -0.4 is 10.2 Å². The Morgan fingerprint density at radius 1 is 1.23 bits per heavy atom. The van der Waals surface area contributed by atoms with E-state index in [1.54, 1.807) is 24.5 Å². The fraction of sp³-hybridized carbons (Fsp3) is 0.500. The molecular formula is C20H25N7O2S. The van der Waals surface area contributed by atoms with E-state index in [9.17, 15) is 4.79 Å². The highest BCUT2D eigenvalue weighted by atomic mass is 32.1. The van der Waals surface area contributed by atoms with Crippen molar-refractivity contribution >= 4 is 23.1 Å². The van der Waals surface area contributed by atoms with Crippen LogP contribution in [0.3, 0.4) is 0 Å². The molecule has 3 aromatic heterocycles. The van der Waals surface area contributed by atoms with Crippen molar-refractivity contribution in [3.63, 3.8) is 0 Å². The van der Waals surface area contributed by atoms with Gasteiger partial charge in [-0.3, -0.25) is 4.79 Å². The summed E-state index contributed by atoms with van der Waals surface area (Å²) in [5, 5.41) is 7.86. The molecule has 3 aromatic rings. The second-order valence-corrected chi connectivity index (χ2v) is 8.84. The number of carbonyl (C=O) groups excluding carboxylic acids is 1. The van der Waals surface area contributed by atoms with Crippen molar-refractivity contribution in [2.75, 3.05) is 18.0 Å². The van der Waals surface area contributed by atoms with E-state index in [4.69, 9.17) is 4.52 Å². The number of hydrogen-bond donors (Lipinski definition) is 1. The number of piperidine rings is 1. The summed E-state index contributed by atoms with van der Waals surface area (Å²) in [6.45, 7) is 9.51. The predicted octanol–water partition coefficient (Wildman–Crippen LogP) is 2.75. The van der Waals surface area contributed by atoms with Gasteiger partial charge in [0, 0.05) is 24.2 Å². The normalized spacial score (nSPS) is 16.7. The third-order valence-corrected chi connectivity index (χ3v) is 6.30. The minimum atomic E-state index is -0.117. The van der Waals surface area contributed by atoms with Gasteiger partial charge in [-0.2, -0.15) is 4.98 Å². The van der Waals surface area contributed by atoms with Crippen molar-refractivity contribution in [3.05, 3.63) is 33.4 Å². The summed E-state index contributed by atoms with van der Waals surface area (Å²) in [5.74, 6) is 2.27. The summed E-state index contributed by atoms with van der Waals surface area (Å²) in [4.78, 5) is 33.9. The Labute approximate surface area is 179 Å². The second-order valence-electron chi connectivity index (χ2n) is 7.55. The molecule has 4 rings (SSSR count). The van der Waals surface area contributed by atoms with Crippen molar-refractivity contribution < 1.29 is 9.32 Å². The van der Waals surface area contributed by atoms with Gasteiger partial charge in [0.1, 0.15) is 22.2 Å². The van der Waals surface area contributed by atoms with Gasteiger partial charge in [-0.25, -0.2) is 15.0 Å². The lowest BCUT2D eigenvalue weighted by Gasteiger charge is -2.33. The molecule has 0 bridgehead atoms. The van der Waals surface area contributed by atoms with Crippen LogP contribution in [0.1, 0.15) is 40.1 Å². The van der Waals surface area contributed by atoms with Crippen LogP contribution in [-0.4, -0.2) is 44.1 Å². The van der Waals surface area contributed by atoms with Gasteiger partial charge in [-0.15, -0.1) is 11.3 Å². The molecule has 1 unspecified atom stereocenters. The number of aryl methyl sites for hydroxylation is 4. The molecule has 0 aliphatic carbocycles. The third kappa shape index (κ3) is 4.33. The van der Waals surface area contributed by atoms with Crippen molar-refractivity contribution in [1.82, 2.24) is 30.4 Å². The molecule has 0 saturated carbocycles. The first-order valence-corrected chi connectivity index (χ1v) is 10.8. The molecule has 1 amide bonds. The van der Waals surface area contributed by atoms with E-state index in [0.717, 1.165) is 35.9 Å². The molecule has 0 radical (unpaired) electrons. The highest BCUT2D eigenvalue weighted by Crippen LogP contribution is 2.31. The van der Waals surface area contributed by atoms with Crippen LogP contribution in [-0.2, 0) is 11.3 Å². The number of nitrogens with zero attached hydrogens (tertiary/aromatic N) is 6. The molecule has 1 aliphatic rings. The summed E-state index contributed by atoms with van der Waals surface area (Å²) in [7, 11) is 0. The Hall–Kier alpha value is -2.88. The molecule has 1 saturated heterocycles. The van der Waals surface area contributed by atoms with Crippen LogP contribution in [0.25, 0.3) is 11.5 Å². The van der Waals surface area contributed by atoms with Crippen molar-refractivity contribution in [2.24, 2.45) is 5.92 Å². The second kappa shape index (κ2) is 8.47. The van der Waals surface area contributed by atoms with Crippen LogP contribution in [0.4, 0.5) is 5.82 Å². The van der Waals surface area contributed by atoms with Gasteiger partial charge in [0.25, 0.3) is 5.89 Å². The summed E-state index contributed by atoms with van der Waals surface area (Å²) in [5.41, 5.74) is 1.71. The molecule has 10 heteroatoms. The first kappa shape index (κ1) is 20.4. The average molecular weight is 428 g/mol. The molecule has 1 atom stereocenters. The highest BCUT2D eigenvalue weighted by Gasteiger charge is 2.29. The number of rotatable bonds is 5. The molecule has 0 aromatic carbocycles. The smallest absolute Gasteiger partial charge is 0.263 e. The Morgan fingerprint density at radius 3 is 2.77 bits per heavy atom. The maximum absolute atomic E-state index is 12.8. The van der Waals surface area contributed by atoms with Gasteiger partial charge in [0.2, 0.25) is 5.91 Å². The highest BCUT2D eigenvalue weighted by molar-refractivity contribution is 7.11. The topological polar surface area (TPSA) is 110 Å². The minimum Gasteiger partial charge on any atom is -0.355 e. The molecule has 0 spiro atoms. The monoisotopic (exact) mass is 427 g/mol. The largest absolute Gasteiger partial charge is 0.355 e. The summed E-state index contributed by atoms with van der Waals surface area (Å²) < 4.78 is 5.34. The van der Waals surface area contributed by atoms with Gasteiger partial charge in [0.05, 0.1) is 18.2 Å². The van der Waals surface area contributed by atoms with Crippen molar-refractivity contribution in [3.8, 4) is 11.5 Å². The number of aromatic nitrogens is 5. The van der Waals surface area contributed by atoms with Crippen LogP contribution in [0, 0.1) is 33.6 Å². The lowest BCUT2D eigenvalue weighted by Crippen LogP contribution is -2.43. The average Bonchev–Trinajstić information content (AvgIpc) is 3.31. The molecule has 1 aliphatic heterocycles. The number of carbonyl (C=O) groups is 1. The summed E-state index contributed by atoms with van der Waals surface area (Å²) in [6.07, 6.45) is 3.46. The first-order chi connectivity index (χ1) is 14.4. The van der Waals surface area contributed by atoms with E-state index in [-0.39, 0.29) is 11.8 Å². The molecule has 9 nitrogen and oxygen atoms in total. The number of thiazole rings is 1. The van der Waals surface area contributed by atoms with Crippen LogP contribution >= 0.6 is 11.3 Å². The van der Waals surface area contributed by atoms with Crippen LogP contribution in [0.15, 0.2) is 10.7 Å². The standard InChI is InChI=1S/C20H25N7O2S/c1-11-12(2)30-17(23-11)9-22-19(28)15-6-5-7-27(10-15)18-16(8-21-13(3)24-18)20-25-14(4)26-29-20/h8,15H,5-7,9-10H2,1-4H3,(H,22,28). The van der Waals surface area contributed by atoms with Gasteiger partial charge in [-0.1, -0.05) is 5.16 Å². The molecule has 1 N–H and O–H groups in total. The number of amides is 1. The maximum atomic E-state index is 12.8. The van der Waals surface area contributed by atoms with Crippen molar-refractivity contribution in [2.45, 2.75) is 47.1 Å². The Balaban J connectivity index is 1.48. The maximum Gasteiger partial charge on any atom is 0.263 e. The van der Waals surface area contributed by atoms with E-state index >= 15 is 0 Å². The zero-order chi connectivity index (χ0) is 21.3.